The molecular weight excluding hydrogens is 500 g/mol. The Labute approximate surface area is 214 Å². The van der Waals surface area contributed by atoms with Gasteiger partial charge in [-0.05, 0) is 42.8 Å². The maximum absolute atomic E-state index is 13.4. The van der Waals surface area contributed by atoms with Crippen LogP contribution in [0.25, 0.3) is 0 Å². The van der Waals surface area contributed by atoms with Crippen LogP contribution in [0.4, 0.5) is 22.7 Å². The highest BCUT2D eigenvalue weighted by atomic mass is 32.2. The molecule has 12 heteroatoms. The lowest BCUT2D eigenvalue weighted by Crippen LogP contribution is -2.37. The number of sulfonamides is 1. The zero-order valence-electron chi connectivity index (χ0n) is 20.3. The van der Waals surface area contributed by atoms with Gasteiger partial charge in [-0.15, -0.1) is 0 Å². The lowest BCUT2D eigenvalue weighted by molar-refractivity contribution is -0.384. The second kappa shape index (κ2) is 10.8. The molecule has 1 heterocycles. The number of nitrogens with zero attached hydrogens (tertiary/aromatic N) is 2. The van der Waals surface area contributed by atoms with Crippen LogP contribution in [0.2, 0.25) is 0 Å². The SMILES string of the molecule is COc1ccccc1NS(=O)(=O)c1ccc(C)c(NC(=O)c2cc([N+](=O)[O-])ccc2N2CCOCC2)c1. The van der Waals surface area contributed by atoms with Gasteiger partial charge in [0.2, 0.25) is 0 Å². The minimum Gasteiger partial charge on any atom is -0.495 e. The number of para-hydroxylation sites is 2. The third-order valence-electron chi connectivity index (χ3n) is 5.91. The average Bonchev–Trinajstić information content (AvgIpc) is 2.90. The van der Waals surface area contributed by atoms with Gasteiger partial charge in [0.25, 0.3) is 21.6 Å². The summed E-state index contributed by atoms with van der Waals surface area (Å²) in [6.45, 7) is 3.71. The molecule has 3 aromatic carbocycles. The highest BCUT2D eigenvalue weighted by Crippen LogP contribution is 2.30. The molecule has 0 spiro atoms. The Kier molecular flexibility index (Phi) is 7.60. The van der Waals surface area contributed by atoms with Crippen LogP contribution in [0.1, 0.15) is 15.9 Å². The van der Waals surface area contributed by atoms with Crippen molar-refractivity contribution < 1.29 is 27.6 Å². The van der Waals surface area contributed by atoms with Gasteiger partial charge >= 0.3 is 0 Å². The average molecular weight is 527 g/mol. The molecular formula is C25H26N4O7S. The summed E-state index contributed by atoms with van der Waals surface area (Å²) in [4.78, 5) is 26.0. The smallest absolute Gasteiger partial charge is 0.270 e. The molecule has 0 aromatic heterocycles. The number of non-ortho nitro benzene ring substituents is 1. The number of amides is 1. The van der Waals surface area contributed by atoms with Crippen LogP contribution in [0.5, 0.6) is 5.75 Å². The summed E-state index contributed by atoms with van der Waals surface area (Å²) in [6.07, 6.45) is 0. The number of hydrogen-bond donors (Lipinski definition) is 2. The Balaban J connectivity index is 1.65. The van der Waals surface area contributed by atoms with E-state index in [2.05, 4.69) is 10.0 Å². The van der Waals surface area contributed by atoms with Crippen molar-refractivity contribution in [2.24, 2.45) is 0 Å². The zero-order chi connectivity index (χ0) is 26.6. The third kappa shape index (κ3) is 5.81. The highest BCUT2D eigenvalue weighted by molar-refractivity contribution is 7.92. The zero-order valence-corrected chi connectivity index (χ0v) is 21.1. The molecule has 3 aromatic rings. The minimum absolute atomic E-state index is 0.0771. The molecule has 1 fully saturated rings. The summed E-state index contributed by atoms with van der Waals surface area (Å²) < 4.78 is 39.3. The van der Waals surface area contributed by atoms with Gasteiger partial charge in [-0.25, -0.2) is 8.42 Å². The van der Waals surface area contributed by atoms with Crippen LogP contribution in [-0.2, 0) is 14.8 Å². The number of hydrogen-bond acceptors (Lipinski definition) is 8. The van der Waals surface area contributed by atoms with Crippen LogP contribution in [-0.4, -0.2) is 52.7 Å². The molecule has 1 amide bonds. The van der Waals surface area contributed by atoms with Crippen molar-refractivity contribution in [3.8, 4) is 5.75 Å². The summed E-state index contributed by atoms with van der Waals surface area (Å²) in [5, 5.41) is 14.1. The van der Waals surface area contributed by atoms with Crippen molar-refractivity contribution >= 4 is 38.7 Å². The molecule has 194 valence electrons. The maximum atomic E-state index is 13.4. The van der Waals surface area contributed by atoms with Crippen molar-refractivity contribution in [2.75, 3.05) is 48.4 Å². The first-order valence-corrected chi connectivity index (χ1v) is 12.9. The lowest BCUT2D eigenvalue weighted by Gasteiger charge is -2.30. The number of methoxy groups -OCH3 is 1. The van der Waals surface area contributed by atoms with Gasteiger partial charge in [0.05, 0.1) is 47.1 Å². The van der Waals surface area contributed by atoms with Gasteiger partial charge in [0.1, 0.15) is 5.75 Å². The molecule has 0 radical (unpaired) electrons. The van der Waals surface area contributed by atoms with E-state index in [1.165, 1.54) is 31.4 Å². The van der Waals surface area contributed by atoms with Crippen LogP contribution in [0.15, 0.2) is 65.6 Å². The number of benzene rings is 3. The number of carbonyl (C=O) groups excluding carboxylic acids is 1. The largest absolute Gasteiger partial charge is 0.495 e. The van der Waals surface area contributed by atoms with E-state index < -0.39 is 20.9 Å². The molecule has 37 heavy (non-hydrogen) atoms. The van der Waals surface area contributed by atoms with E-state index in [9.17, 15) is 23.3 Å². The van der Waals surface area contributed by atoms with Crippen LogP contribution < -0.4 is 19.7 Å². The van der Waals surface area contributed by atoms with Gasteiger partial charge in [-0.1, -0.05) is 18.2 Å². The van der Waals surface area contributed by atoms with E-state index in [1.54, 1.807) is 43.3 Å². The normalized spacial score (nSPS) is 13.6. The summed E-state index contributed by atoms with van der Waals surface area (Å²) in [5.41, 5.74) is 1.55. The molecule has 11 nitrogen and oxygen atoms in total. The summed E-state index contributed by atoms with van der Waals surface area (Å²) in [5.74, 6) is -0.242. The molecule has 0 unspecified atom stereocenters. The van der Waals surface area contributed by atoms with Crippen molar-refractivity contribution in [2.45, 2.75) is 11.8 Å². The number of nitro groups is 1. The van der Waals surface area contributed by atoms with Gasteiger partial charge in [-0.2, -0.15) is 0 Å². The van der Waals surface area contributed by atoms with E-state index in [-0.39, 0.29) is 27.5 Å². The Morgan fingerprint density at radius 2 is 1.78 bits per heavy atom. The van der Waals surface area contributed by atoms with E-state index in [4.69, 9.17) is 9.47 Å². The van der Waals surface area contributed by atoms with E-state index in [0.717, 1.165) is 0 Å². The van der Waals surface area contributed by atoms with Crippen LogP contribution in [0.3, 0.4) is 0 Å². The molecule has 1 aliphatic heterocycles. The fourth-order valence-electron chi connectivity index (χ4n) is 3.92. The molecule has 1 saturated heterocycles. The topological polar surface area (TPSA) is 140 Å². The second-order valence-electron chi connectivity index (χ2n) is 8.29. The number of carbonyl (C=O) groups is 1. The Bertz CT molecular complexity index is 1440. The lowest BCUT2D eigenvalue weighted by atomic mass is 10.1. The summed E-state index contributed by atoms with van der Waals surface area (Å²) in [6, 6.07) is 15.1. The first-order valence-electron chi connectivity index (χ1n) is 11.4. The molecule has 0 saturated carbocycles. The summed E-state index contributed by atoms with van der Waals surface area (Å²) in [7, 11) is -2.59. The van der Waals surface area contributed by atoms with Crippen LogP contribution in [0, 0.1) is 17.0 Å². The Morgan fingerprint density at radius 3 is 2.49 bits per heavy atom. The van der Waals surface area contributed by atoms with E-state index in [0.29, 0.717) is 43.3 Å². The number of nitro benzene ring substituents is 1. The first-order chi connectivity index (χ1) is 17.7. The number of morpholine rings is 1. The maximum Gasteiger partial charge on any atom is 0.270 e. The molecule has 1 aliphatic rings. The number of rotatable bonds is 8. The predicted octanol–water partition coefficient (Wildman–Crippen LogP) is 3.80. The molecule has 0 bridgehead atoms. The number of nitrogens with one attached hydrogen (secondary N) is 2. The Morgan fingerprint density at radius 1 is 1.05 bits per heavy atom. The fraction of sp³-hybridized carbons (Fsp3) is 0.240. The quantitative estimate of drug-likeness (QED) is 0.334. The summed E-state index contributed by atoms with van der Waals surface area (Å²) >= 11 is 0. The first kappa shape index (κ1) is 25.9. The fourth-order valence-corrected chi connectivity index (χ4v) is 5.02. The van der Waals surface area contributed by atoms with Crippen molar-refractivity contribution in [1.82, 2.24) is 0 Å². The molecule has 2 N–H and O–H groups in total. The predicted molar refractivity (Wildman–Crippen MR) is 139 cm³/mol. The van der Waals surface area contributed by atoms with Crippen molar-refractivity contribution in [3.63, 3.8) is 0 Å². The monoisotopic (exact) mass is 526 g/mol. The van der Waals surface area contributed by atoms with Crippen molar-refractivity contribution in [1.29, 1.82) is 0 Å². The number of anilines is 3. The second-order valence-corrected chi connectivity index (χ2v) is 9.98. The van der Waals surface area contributed by atoms with Gasteiger partial charge in [0, 0.05) is 30.9 Å². The molecule has 0 aliphatic carbocycles. The standard InChI is InChI=1S/C25H26N4O7S/c1-17-7-9-19(37(33,34)27-21-5-3-4-6-24(21)35-2)16-22(17)26-25(30)20-15-18(29(31)32)8-10-23(20)28-11-13-36-14-12-28/h3-10,15-16,27H,11-14H2,1-2H3,(H,26,30). The van der Waals surface area contributed by atoms with E-state index >= 15 is 0 Å². The van der Waals surface area contributed by atoms with Gasteiger partial charge in [0.15, 0.2) is 0 Å². The number of aryl methyl sites for hydroxylation is 1. The molecule has 0 atom stereocenters. The molecule has 4 rings (SSSR count). The highest BCUT2D eigenvalue weighted by Gasteiger charge is 2.24. The van der Waals surface area contributed by atoms with E-state index in [1.807, 2.05) is 4.90 Å². The third-order valence-corrected chi connectivity index (χ3v) is 7.27. The number of ether oxygens (including phenoxy) is 2. The minimum atomic E-state index is -4.02. The van der Waals surface area contributed by atoms with Crippen molar-refractivity contribution in [3.05, 3.63) is 81.9 Å². The van der Waals surface area contributed by atoms with Gasteiger partial charge < -0.3 is 19.7 Å². The van der Waals surface area contributed by atoms with Crippen LogP contribution >= 0.6 is 0 Å². The Hall–Kier alpha value is -4.16. The van der Waals surface area contributed by atoms with Gasteiger partial charge in [-0.3, -0.25) is 19.6 Å².